The summed E-state index contributed by atoms with van der Waals surface area (Å²) in [7, 11) is 0. The summed E-state index contributed by atoms with van der Waals surface area (Å²) in [5.74, 6) is -2.04. The average molecular weight is 183 g/mol. The van der Waals surface area contributed by atoms with E-state index in [0.717, 1.165) is 6.07 Å². The van der Waals surface area contributed by atoms with Crippen LogP contribution in [-0.2, 0) is 0 Å². The number of nitrogens with one attached hydrogen (secondary N) is 3. The van der Waals surface area contributed by atoms with Crippen molar-refractivity contribution in [1.29, 1.82) is 0 Å². The molecule has 4 N–H and O–H groups in total. The van der Waals surface area contributed by atoms with Crippen LogP contribution in [0.3, 0.4) is 0 Å². The Morgan fingerprint density at radius 1 is 1.31 bits per heavy atom. The molecule has 2 rings (SSSR count). The van der Waals surface area contributed by atoms with Crippen molar-refractivity contribution in [2.24, 2.45) is 0 Å². The maximum Gasteiger partial charge on any atom is 0.338 e. The second-order valence-electron chi connectivity index (χ2n) is 2.56. The third-order valence-corrected chi connectivity index (χ3v) is 1.73. The summed E-state index contributed by atoms with van der Waals surface area (Å²) < 4.78 is 13.0. The number of rotatable bonds is 1. The molecule has 0 amide bonds. The fraction of sp³-hybridized carbons (Fsp3) is 0. The van der Waals surface area contributed by atoms with Crippen molar-refractivity contribution in [2.75, 3.05) is 10.9 Å². The molecule has 1 aromatic rings. The summed E-state index contributed by atoms with van der Waals surface area (Å²) in [6.07, 6.45) is 0. The molecule has 0 aromatic heterocycles. The van der Waals surface area contributed by atoms with E-state index in [1.807, 2.05) is 0 Å². The highest BCUT2D eigenvalue weighted by molar-refractivity contribution is 5.91. The molecule has 0 atom stereocenters. The highest BCUT2D eigenvalue weighted by Gasteiger charge is 2.17. The summed E-state index contributed by atoms with van der Waals surface area (Å²) in [6.45, 7) is 0. The van der Waals surface area contributed by atoms with Gasteiger partial charge in [0.1, 0.15) is 5.82 Å². The van der Waals surface area contributed by atoms with Gasteiger partial charge in [0.2, 0.25) is 0 Å². The lowest BCUT2D eigenvalue weighted by Gasteiger charge is -2.00. The van der Waals surface area contributed by atoms with Crippen molar-refractivity contribution in [2.45, 2.75) is 0 Å². The van der Waals surface area contributed by atoms with Gasteiger partial charge >= 0.3 is 5.97 Å². The van der Waals surface area contributed by atoms with Crippen molar-refractivity contribution in [1.82, 2.24) is 5.53 Å². The van der Waals surface area contributed by atoms with Crippen molar-refractivity contribution >= 4 is 17.3 Å². The van der Waals surface area contributed by atoms with E-state index in [1.54, 1.807) is 0 Å². The number of anilines is 2. The van der Waals surface area contributed by atoms with Crippen LogP contribution in [0.1, 0.15) is 10.4 Å². The number of hydrazine groups is 2. The third-order valence-electron chi connectivity index (χ3n) is 1.73. The average Bonchev–Trinajstić information content (AvgIpc) is 2.48. The minimum atomic E-state index is -1.28. The predicted octanol–water partition coefficient (Wildman–Crippen LogP) is 0.781. The van der Waals surface area contributed by atoms with E-state index in [0.29, 0.717) is 11.4 Å². The SMILES string of the molecule is O=C(O)c1cc2c(cc1F)NNN2. The fourth-order valence-electron chi connectivity index (χ4n) is 1.11. The summed E-state index contributed by atoms with van der Waals surface area (Å²) in [5, 5.41) is 8.59. The lowest BCUT2D eigenvalue weighted by atomic mass is 10.1. The van der Waals surface area contributed by atoms with Gasteiger partial charge in [-0.3, -0.25) is 0 Å². The lowest BCUT2D eigenvalue weighted by Crippen LogP contribution is -2.19. The zero-order valence-electron chi connectivity index (χ0n) is 6.39. The molecule has 1 heterocycles. The van der Waals surface area contributed by atoms with Gasteiger partial charge in [0.25, 0.3) is 0 Å². The van der Waals surface area contributed by atoms with Crippen LogP contribution in [0.4, 0.5) is 15.8 Å². The smallest absolute Gasteiger partial charge is 0.338 e. The summed E-state index contributed by atoms with van der Waals surface area (Å²) in [5.41, 5.74) is 8.42. The Labute approximate surface area is 72.5 Å². The number of carboxylic acid groups (broad SMARTS) is 1. The number of benzene rings is 1. The summed E-state index contributed by atoms with van der Waals surface area (Å²) in [6, 6.07) is 2.34. The first-order valence-electron chi connectivity index (χ1n) is 3.52. The Bertz CT molecular complexity index is 380. The molecule has 0 bridgehead atoms. The Balaban J connectivity index is 2.55. The largest absolute Gasteiger partial charge is 0.478 e. The van der Waals surface area contributed by atoms with E-state index >= 15 is 0 Å². The Morgan fingerprint density at radius 2 is 1.92 bits per heavy atom. The third kappa shape index (κ3) is 1.17. The van der Waals surface area contributed by atoms with Crippen LogP contribution in [0.25, 0.3) is 0 Å². The van der Waals surface area contributed by atoms with Crippen LogP contribution in [0, 0.1) is 5.82 Å². The van der Waals surface area contributed by atoms with Crippen molar-refractivity contribution < 1.29 is 14.3 Å². The molecule has 0 saturated carbocycles. The van der Waals surface area contributed by atoms with Crippen LogP contribution >= 0.6 is 0 Å². The normalized spacial score (nSPS) is 13.0. The lowest BCUT2D eigenvalue weighted by molar-refractivity contribution is 0.0692. The number of carbonyl (C=O) groups is 1. The molecular weight excluding hydrogens is 177 g/mol. The van der Waals surface area contributed by atoms with E-state index in [1.165, 1.54) is 6.07 Å². The number of carboxylic acids is 1. The maximum absolute atomic E-state index is 13.0. The molecule has 6 heteroatoms. The highest BCUT2D eigenvalue weighted by atomic mass is 19.1. The summed E-state index contributed by atoms with van der Waals surface area (Å²) in [4.78, 5) is 10.5. The molecule has 13 heavy (non-hydrogen) atoms. The quantitative estimate of drug-likeness (QED) is 0.517. The predicted molar refractivity (Wildman–Crippen MR) is 43.7 cm³/mol. The standard InChI is InChI=1S/C7H6FN3O2/c8-4-2-6-5(9-11-10-6)1-3(4)7(12)13/h1-2,9-11H,(H,12,13). The van der Waals surface area contributed by atoms with Gasteiger partial charge in [-0.1, -0.05) is 0 Å². The van der Waals surface area contributed by atoms with E-state index in [-0.39, 0.29) is 5.56 Å². The molecule has 1 aliphatic heterocycles. The minimum Gasteiger partial charge on any atom is -0.478 e. The van der Waals surface area contributed by atoms with Crippen LogP contribution < -0.4 is 16.4 Å². The van der Waals surface area contributed by atoms with Crippen molar-refractivity contribution in [3.63, 3.8) is 0 Å². The van der Waals surface area contributed by atoms with Gasteiger partial charge in [-0.05, 0) is 6.07 Å². The van der Waals surface area contributed by atoms with Gasteiger partial charge in [0.15, 0.2) is 0 Å². The molecule has 0 radical (unpaired) electrons. The minimum absolute atomic E-state index is 0.350. The second-order valence-corrected chi connectivity index (χ2v) is 2.56. The number of hydrogen-bond acceptors (Lipinski definition) is 4. The number of aromatic carboxylic acids is 1. The Kier molecular flexibility index (Phi) is 1.56. The Morgan fingerprint density at radius 3 is 2.54 bits per heavy atom. The fourth-order valence-corrected chi connectivity index (χ4v) is 1.11. The first kappa shape index (κ1) is 7.81. The van der Waals surface area contributed by atoms with E-state index in [9.17, 15) is 9.18 Å². The molecule has 0 spiro atoms. The maximum atomic E-state index is 13.0. The Hall–Kier alpha value is -1.82. The van der Waals surface area contributed by atoms with E-state index in [4.69, 9.17) is 5.11 Å². The van der Waals surface area contributed by atoms with Gasteiger partial charge in [-0.25, -0.2) is 9.18 Å². The first-order valence-corrected chi connectivity index (χ1v) is 3.52. The van der Waals surface area contributed by atoms with Crippen molar-refractivity contribution in [3.05, 3.63) is 23.5 Å². The van der Waals surface area contributed by atoms with E-state index in [2.05, 4.69) is 16.4 Å². The number of hydrogen-bond donors (Lipinski definition) is 4. The van der Waals surface area contributed by atoms with Crippen LogP contribution in [0.15, 0.2) is 12.1 Å². The zero-order chi connectivity index (χ0) is 9.42. The van der Waals surface area contributed by atoms with Crippen molar-refractivity contribution in [3.8, 4) is 0 Å². The van der Waals surface area contributed by atoms with E-state index < -0.39 is 11.8 Å². The molecular formula is C7H6FN3O2. The molecule has 68 valence electrons. The van der Waals surface area contributed by atoms with Crippen LogP contribution in [-0.4, -0.2) is 11.1 Å². The summed E-state index contributed by atoms with van der Waals surface area (Å²) >= 11 is 0. The van der Waals surface area contributed by atoms with Crippen LogP contribution in [0.5, 0.6) is 0 Å². The van der Waals surface area contributed by atoms with Gasteiger partial charge in [-0.15, -0.1) is 5.53 Å². The van der Waals surface area contributed by atoms with Gasteiger partial charge < -0.3 is 16.0 Å². The molecule has 0 unspecified atom stereocenters. The molecule has 1 aromatic carbocycles. The van der Waals surface area contributed by atoms with Gasteiger partial charge in [0, 0.05) is 6.07 Å². The van der Waals surface area contributed by atoms with Gasteiger partial charge in [-0.2, -0.15) is 0 Å². The first-order chi connectivity index (χ1) is 6.18. The molecule has 5 nitrogen and oxygen atoms in total. The van der Waals surface area contributed by atoms with Crippen LogP contribution in [0.2, 0.25) is 0 Å². The monoisotopic (exact) mass is 183 g/mol. The zero-order valence-corrected chi connectivity index (χ0v) is 6.39. The molecule has 1 aliphatic rings. The topological polar surface area (TPSA) is 73.4 Å². The second kappa shape index (κ2) is 2.60. The number of fused-ring (bicyclic) bond motifs is 1. The number of halogens is 1. The molecule has 0 saturated heterocycles. The highest BCUT2D eigenvalue weighted by Crippen LogP contribution is 2.27. The molecule has 0 aliphatic carbocycles. The molecule has 0 fully saturated rings. The van der Waals surface area contributed by atoms with Gasteiger partial charge in [0.05, 0.1) is 16.9 Å².